The summed E-state index contributed by atoms with van der Waals surface area (Å²) in [4.78, 5) is 66.9. The smallest absolute Gasteiger partial charge is 0.323 e. The molecule has 1 aromatic heterocycles. The molecular formula is C28H20BrN3O7S2. The van der Waals surface area contributed by atoms with Gasteiger partial charge in [-0.25, -0.2) is 0 Å². The van der Waals surface area contributed by atoms with E-state index in [9.17, 15) is 29.1 Å². The molecule has 0 spiro atoms. The Kier molecular flexibility index (Phi) is 7.18. The number of benzene rings is 3. The number of rotatable bonds is 7. The average Bonchev–Trinajstić information content (AvgIpc) is 3.42. The highest BCUT2D eigenvalue weighted by Crippen LogP contribution is 2.54. The number of amides is 3. The number of halogens is 1. The van der Waals surface area contributed by atoms with Crippen LogP contribution in [0.1, 0.15) is 16.4 Å². The van der Waals surface area contributed by atoms with Crippen molar-refractivity contribution in [3.05, 3.63) is 85.2 Å². The van der Waals surface area contributed by atoms with Crippen LogP contribution in [0, 0.1) is 5.92 Å². The third-order valence-corrected chi connectivity index (χ3v) is 9.80. The molecule has 1 fully saturated rings. The molecule has 3 aromatic carbocycles. The van der Waals surface area contributed by atoms with Gasteiger partial charge in [0.1, 0.15) is 17.5 Å². The highest BCUT2D eigenvalue weighted by Gasteiger charge is 2.56. The molecule has 0 radical (unpaired) electrons. The fourth-order valence-electron chi connectivity index (χ4n) is 5.20. The first-order valence-corrected chi connectivity index (χ1v) is 14.9. The van der Waals surface area contributed by atoms with Crippen LogP contribution in [0.15, 0.2) is 75.0 Å². The molecule has 10 nitrogen and oxygen atoms in total. The van der Waals surface area contributed by atoms with Crippen molar-refractivity contribution in [1.29, 1.82) is 0 Å². The quantitative estimate of drug-likeness (QED) is 0.253. The van der Waals surface area contributed by atoms with Crippen LogP contribution in [-0.4, -0.2) is 57.1 Å². The number of thiazole rings is 1. The van der Waals surface area contributed by atoms with Gasteiger partial charge in [0, 0.05) is 26.5 Å². The number of hydrogen-bond acceptors (Lipinski definition) is 8. The maximum Gasteiger partial charge on any atom is 0.323 e. The predicted octanol–water partition coefficient (Wildman–Crippen LogP) is 4.05. The maximum absolute atomic E-state index is 13.5. The molecule has 0 saturated carbocycles. The van der Waals surface area contributed by atoms with Gasteiger partial charge in [-0.05, 0) is 41.1 Å². The van der Waals surface area contributed by atoms with Crippen LogP contribution in [0.4, 0.5) is 5.69 Å². The number of nitrogens with one attached hydrogen (secondary N) is 2. The molecule has 13 heteroatoms. The molecule has 3 amide bonds. The highest BCUT2D eigenvalue weighted by molar-refractivity contribution is 9.10. The molecule has 41 heavy (non-hydrogen) atoms. The van der Waals surface area contributed by atoms with Gasteiger partial charge in [0.15, 0.2) is 6.61 Å². The number of likely N-dealkylation sites (tertiary alicyclic amines) is 1. The minimum atomic E-state index is -1.31. The van der Waals surface area contributed by atoms with Crippen molar-refractivity contribution < 1.29 is 29.0 Å². The zero-order valence-electron chi connectivity index (χ0n) is 21.0. The van der Waals surface area contributed by atoms with E-state index >= 15 is 0 Å². The Morgan fingerprint density at radius 2 is 1.80 bits per heavy atom. The average molecular weight is 655 g/mol. The van der Waals surface area contributed by atoms with Crippen molar-refractivity contribution in [2.45, 2.75) is 16.2 Å². The van der Waals surface area contributed by atoms with Gasteiger partial charge in [-0.3, -0.25) is 28.9 Å². The summed E-state index contributed by atoms with van der Waals surface area (Å²) in [5, 5.41) is 13.7. The first-order valence-electron chi connectivity index (χ1n) is 12.4. The molecule has 1 saturated heterocycles. The molecule has 2 unspecified atom stereocenters. The van der Waals surface area contributed by atoms with Crippen molar-refractivity contribution in [2.75, 3.05) is 18.5 Å². The van der Waals surface area contributed by atoms with Crippen molar-refractivity contribution >= 4 is 79.2 Å². The Balaban J connectivity index is 1.31. The zero-order valence-corrected chi connectivity index (χ0v) is 24.2. The first-order chi connectivity index (χ1) is 19.7. The summed E-state index contributed by atoms with van der Waals surface area (Å²) in [6.07, 6.45) is 0. The number of thioether (sulfide) groups is 1. The van der Waals surface area contributed by atoms with Crippen LogP contribution in [0.5, 0.6) is 5.75 Å². The number of ether oxygens (including phenoxy) is 1. The van der Waals surface area contributed by atoms with E-state index in [1.165, 1.54) is 0 Å². The third kappa shape index (κ3) is 5.16. The van der Waals surface area contributed by atoms with Gasteiger partial charge in [-0.1, -0.05) is 69.4 Å². The largest absolute Gasteiger partial charge is 0.483 e. The van der Waals surface area contributed by atoms with Crippen LogP contribution in [0.3, 0.4) is 0 Å². The summed E-state index contributed by atoms with van der Waals surface area (Å²) in [5.41, 5.74) is 1.10. The Labute approximate surface area is 248 Å². The Morgan fingerprint density at radius 1 is 1.02 bits per heavy atom. The Bertz CT molecular complexity index is 1800. The number of carboxylic acids is 1. The number of nitrogens with zero attached hydrogens (tertiary/aromatic N) is 1. The summed E-state index contributed by atoms with van der Waals surface area (Å²) in [5.74, 6) is -4.42. The number of imide groups is 1. The number of H-pyrrole nitrogens is 1. The monoisotopic (exact) mass is 653 g/mol. The summed E-state index contributed by atoms with van der Waals surface area (Å²) >= 11 is 5.42. The van der Waals surface area contributed by atoms with Crippen LogP contribution < -0.4 is 14.9 Å². The second-order valence-electron chi connectivity index (χ2n) is 9.49. The highest BCUT2D eigenvalue weighted by atomic mass is 79.9. The molecule has 4 aromatic rings. The van der Waals surface area contributed by atoms with Gasteiger partial charge in [0.05, 0.1) is 10.9 Å². The molecule has 2 aliphatic rings. The minimum absolute atomic E-state index is 0.293. The lowest BCUT2D eigenvalue weighted by Crippen LogP contribution is -2.36. The van der Waals surface area contributed by atoms with Crippen molar-refractivity contribution in [1.82, 2.24) is 9.88 Å². The maximum atomic E-state index is 13.5. The van der Waals surface area contributed by atoms with Gasteiger partial charge in [-0.2, -0.15) is 0 Å². The van der Waals surface area contributed by atoms with E-state index in [-0.39, 0.29) is 11.5 Å². The number of aliphatic carboxylic acids is 1. The first kappa shape index (κ1) is 27.2. The van der Waals surface area contributed by atoms with Crippen molar-refractivity contribution in [2.24, 2.45) is 5.92 Å². The number of aromatic nitrogens is 1. The van der Waals surface area contributed by atoms with E-state index in [0.717, 1.165) is 38.8 Å². The van der Waals surface area contributed by atoms with Crippen LogP contribution in [0.2, 0.25) is 0 Å². The molecule has 2 aliphatic heterocycles. The van der Waals surface area contributed by atoms with E-state index in [1.54, 1.807) is 24.3 Å². The topological polar surface area (TPSA) is 146 Å². The number of anilines is 1. The van der Waals surface area contributed by atoms with Crippen LogP contribution >= 0.6 is 39.0 Å². The summed E-state index contributed by atoms with van der Waals surface area (Å²) in [6, 6.07) is 18.4. The molecule has 3 heterocycles. The second-order valence-corrected chi connectivity index (χ2v) is 12.6. The van der Waals surface area contributed by atoms with E-state index < -0.39 is 47.3 Å². The molecule has 6 rings (SSSR count). The fourth-order valence-corrected chi connectivity index (χ4v) is 8.11. The molecule has 208 valence electrons. The van der Waals surface area contributed by atoms with Gasteiger partial charge in [0.2, 0.25) is 11.8 Å². The number of carbonyl (C=O) groups is 4. The molecular weight excluding hydrogens is 634 g/mol. The number of hydrogen-bond donors (Lipinski definition) is 3. The van der Waals surface area contributed by atoms with E-state index in [2.05, 4.69) is 26.2 Å². The molecule has 0 bridgehead atoms. The molecule has 3 N–H and O–H groups in total. The van der Waals surface area contributed by atoms with E-state index in [0.29, 0.717) is 31.4 Å². The Hall–Kier alpha value is -3.94. The lowest BCUT2D eigenvalue weighted by atomic mass is 9.82. The van der Waals surface area contributed by atoms with Crippen LogP contribution in [0.25, 0.3) is 10.8 Å². The van der Waals surface area contributed by atoms with Gasteiger partial charge >= 0.3 is 10.8 Å². The number of carboxylic acid groups (broad SMARTS) is 1. The van der Waals surface area contributed by atoms with E-state index in [1.807, 2.05) is 36.4 Å². The number of fused-ring (bicyclic) bond motifs is 3. The lowest BCUT2D eigenvalue weighted by Gasteiger charge is -2.31. The fraction of sp³-hybridized carbons (Fsp3) is 0.179. The summed E-state index contributed by atoms with van der Waals surface area (Å²) < 4.78 is 6.62. The van der Waals surface area contributed by atoms with Crippen molar-refractivity contribution in [3.63, 3.8) is 0 Å². The van der Waals surface area contributed by atoms with Gasteiger partial charge in [-0.15, -0.1) is 0 Å². The Morgan fingerprint density at radius 3 is 2.59 bits per heavy atom. The van der Waals surface area contributed by atoms with Crippen LogP contribution in [-0.2, 0) is 19.2 Å². The van der Waals surface area contributed by atoms with Gasteiger partial charge in [0.25, 0.3) is 5.91 Å². The summed E-state index contributed by atoms with van der Waals surface area (Å²) in [7, 11) is 0. The second kappa shape index (κ2) is 10.8. The van der Waals surface area contributed by atoms with E-state index in [4.69, 9.17) is 4.74 Å². The summed E-state index contributed by atoms with van der Waals surface area (Å²) in [6.45, 7) is -1.09. The predicted molar refractivity (Wildman–Crippen MR) is 156 cm³/mol. The normalized spacial score (nSPS) is 19.6. The standard InChI is InChI=1S/C28H20BrN3O7S2/c29-15-6-8-18(39-12-19(33)30-16-7-5-13-3-1-2-4-14(13)9-16)17(10-15)21-22-24(40-25-23(21)41-28(38)31-25)27(37)32(26(22)36)11-20(34)35/h1-10,21-22,24H,11-12H2,(H,30,33)(H,31,38)(H,34,35)/t21-,22?,24?/m0/s1. The minimum Gasteiger partial charge on any atom is -0.483 e. The number of aromatic amines is 1. The molecule has 0 aliphatic carbocycles. The third-order valence-electron chi connectivity index (χ3n) is 6.91. The molecule has 3 atom stereocenters. The SMILES string of the molecule is O=C(O)CN1C(=O)C2Sc3[nH]c(=O)sc3[C@@H](c3cc(Br)ccc3OCC(=O)Nc3ccc4ccccc4c3)C2C1=O. The lowest BCUT2D eigenvalue weighted by molar-refractivity contribution is -0.149. The number of carbonyl (C=O) groups excluding carboxylic acids is 3. The van der Waals surface area contributed by atoms with Crippen molar-refractivity contribution in [3.8, 4) is 5.75 Å². The van der Waals surface area contributed by atoms with Gasteiger partial charge < -0.3 is 20.1 Å². The zero-order chi connectivity index (χ0) is 28.8.